The number of furan rings is 1. The average molecular weight is 576 g/mol. The number of carbonyl (C=O) groups excluding carboxylic acids is 2. The van der Waals surface area contributed by atoms with Crippen LogP contribution in [0.1, 0.15) is 80.3 Å². The average Bonchev–Trinajstić information content (AvgIpc) is 3.62. The number of alkyl halides is 1. The fourth-order valence-corrected chi connectivity index (χ4v) is 7.81. The highest BCUT2D eigenvalue weighted by molar-refractivity contribution is 7.91. The number of rotatable bonds is 7. The number of fused-ring (bicyclic) bond motifs is 1. The maximum absolute atomic E-state index is 15.5. The molecular formula is C33H34FNO5S. The predicted molar refractivity (Wildman–Crippen MR) is 156 cm³/mol. The minimum Gasteiger partial charge on any atom is -0.451 e. The van der Waals surface area contributed by atoms with E-state index < -0.39 is 27.0 Å². The number of halogens is 1. The van der Waals surface area contributed by atoms with Gasteiger partial charge in [-0.1, -0.05) is 61.6 Å². The van der Waals surface area contributed by atoms with E-state index in [1.807, 2.05) is 30.3 Å². The van der Waals surface area contributed by atoms with E-state index in [2.05, 4.69) is 11.2 Å². The molecule has 2 aromatic carbocycles. The van der Waals surface area contributed by atoms with E-state index in [0.717, 1.165) is 48.6 Å². The molecule has 8 heteroatoms. The molecular weight excluding hydrogens is 541 g/mol. The lowest BCUT2D eigenvalue weighted by molar-refractivity contribution is -0.127. The topological polar surface area (TPSA) is 93.5 Å². The van der Waals surface area contributed by atoms with Crippen molar-refractivity contribution in [2.45, 2.75) is 75.4 Å². The van der Waals surface area contributed by atoms with Gasteiger partial charge in [0.05, 0.1) is 17.0 Å². The van der Waals surface area contributed by atoms with Crippen LogP contribution in [0.25, 0.3) is 22.1 Å². The van der Waals surface area contributed by atoms with Gasteiger partial charge in [-0.15, -0.1) is 6.42 Å². The van der Waals surface area contributed by atoms with Crippen LogP contribution >= 0.6 is 0 Å². The van der Waals surface area contributed by atoms with Gasteiger partial charge in [-0.2, -0.15) is 0 Å². The Hall–Kier alpha value is -3.44. The molecule has 1 aromatic heterocycles. The van der Waals surface area contributed by atoms with Crippen LogP contribution in [0.15, 0.2) is 52.9 Å². The molecule has 0 unspecified atom stereocenters. The Morgan fingerprint density at radius 1 is 0.902 bits per heavy atom. The standard InChI is InChI=1S/C33H34FNO5S/c1-2-31(14-15-31)22-29(36)33(12-4-3-5-13-33)35-30(37)28-21-25-7-6-24(20-27(25)40-28)23-8-10-26(11-9-23)32(34)16-18-41(38,39)19-17-32/h1,6-11,20-21H,3-5,12-19,22H2,(H,35,37). The molecule has 3 aliphatic rings. The van der Waals surface area contributed by atoms with Gasteiger partial charge >= 0.3 is 0 Å². The Labute approximate surface area is 240 Å². The first-order valence-corrected chi connectivity index (χ1v) is 16.2. The van der Waals surface area contributed by atoms with Gasteiger partial charge in [0.1, 0.15) is 11.3 Å². The van der Waals surface area contributed by atoms with Gasteiger partial charge in [-0.25, -0.2) is 12.8 Å². The number of amides is 1. The molecule has 0 radical (unpaired) electrons. The van der Waals surface area contributed by atoms with Crippen molar-refractivity contribution in [2.24, 2.45) is 5.41 Å². The molecule has 214 valence electrons. The summed E-state index contributed by atoms with van der Waals surface area (Å²) >= 11 is 0. The number of hydrogen-bond donors (Lipinski definition) is 1. The minimum atomic E-state index is -3.16. The molecule has 1 aliphatic heterocycles. The third kappa shape index (κ3) is 5.44. The molecule has 1 saturated heterocycles. The van der Waals surface area contributed by atoms with Crippen molar-refractivity contribution < 1.29 is 26.8 Å². The van der Waals surface area contributed by atoms with Crippen LogP contribution in [0.4, 0.5) is 4.39 Å². The van der Waals surface area contributed by atoms with Crippen molar-refractivity contribution in [3.05, 3.63) is 59.9 Å². The first kappa shape index (κ1) is 27.7. The van der Waals surface area contributed by atoms with Gasteiger partial charge in [0.2, 0.25) is 0 Å². The Morgan fingerprint density at radius 3 is 2.20 bits per heavy atom. The molecule has 3 fully saturated rings. The van der Waals surface area contributed by atoms with Crippen LogP contribution in [-0.4, -0.2) is 37.2 Å². The molecule has 1 amide bonds. The lowest BCUT2D eigenvalue weighted by atomic mass is 9.75. The van der Waals surface area contributed by atoms with E-state index in [-0.39, 0.29) is 41.3 Å². The zero-order chi connectivity index (χ0) is 28.9. The molecule has 2 aliphatic carbocycles. The number of hydrogen-bond acceptors (Lipinski definition) is 5. The van der Waals surface area contributed by atoms with Gasteiger partial charge in [0, 0.05) is 17.2 Å². The second kappa shape index (κ2) is 10.1. The minimum absolute atomic E-state index is 0.0211. The summed E-state index contributed by atoms with van der Waals surface area (Å²) in [5.41, 5.74) is -0.202. The lowest BCUT2D eigenvalue weighted by Gasteiger charge is -2.37. The number of benzene rings is 2. The van der Waals surface area contributed by atoms with Crippen LogP contribution in [0.5, 0.6) is 0 Å². The van der Waals surface area contributed by atoms with E-state index >= 15 is 4.39 Å². The first-order chi connectivity index (χ1) is 19.5. The van der Waals surface area contributed by atoms with Crippen LogP contribution < -0.4 is 5.32 Å². The summed E-state index contributed by atoms with van der Waals surface area (Å²) in [5, 5.41) is 3.81. The van der Waals surface area contributed by atoms with Crippen molar-refractivity contribution in [1.29, 1.82) is 0 Å². The fraction of sp³-hybridized carbons (Fsp3) is 0.455. The SMILES string of the molecule is C#CC1(CC(=O)C2(NC(=O)c3cc4ccc(-c5ccc(C6(F)CCS(=O)(=O)CC6)cc5)cc4o3)CCCCC2)CC1. The Balaban J connectivity index is 1.20. The highest BCUT2D eigenvalue weighted by Crippen LogP contribution is 2.50. The highest BCUT2D eigenvalue weighted by Gasteiger charge is 2.49. The largest absolute Gasteiger partial charge is 0.451 e. The highest BCUT2D eigenvalue weighted by atomic mass is 32.2. The number of nitrogens with one attached hydrogen (secondary N) is 1. The second-order valence-electron chi connectivity index (χ2n) is 12.2. The van der Waals surface area contributed by atoms with Crippen molar-refractivity contribution in [3.8, 4) is 23.5 Å². The van der Waals surface area contributed by atoms with Gasteiger partial charge in [0.15, 0.2) is 21.4 Å². The molecule has 0 spiro atoms. The zero-order valence-electron chi connectivity index (χ0n) is 23.0. The van der Waals surface area contributed by atoms with Gasteiger partial charge in [0.25, 0.3) is 5.91 Å². The Kier molecular flexibility index (Phi) is 6.85. The summed E-state index contributed by atoms with van der Waals surface area (Å²) in [6.45, 7) is 0. The Bertz CT molecular complexity index is 1640. The summed E-state index contributed by atoms with van der Waals surface area (Å²) < 4.78 is 44.9. The van der Waals surface area contributed by atoms with Gasteiger partial charge in [-0.05, 0) is 67.3 Å². The van der Waals surface area contributed by atoms with E-state index in [1.54, 1.807) is 18.2 Å². The van der Waals surface area contributed by atoms with E-state index in [0.29, 0.717) is 30.4 Å². The van der Waals surface area contributed by atoms with E-state index in [1.165, 1.54) is 0 Å². The van der Waals surface area contributed by atoms with Crippen LogP contribution in [-0.2, 0) is 20.3 Å². The molecule has 1 N–H and O–H groups in total. The summed E-state index contributed by atoms with van der Waals surface area (Å²) in [4.78, 5) is 26.8. The second-order valence-corrected chi connectivity index (χ2v) is 14.5. The monoisotopic (exact) mass is 575 g/mol. The number of Topliss-reactive ketones (excluding diaryl/α,β-unsaturated/α-hetero) is 1. The van der Waals surface area contributed by atoms with Crippen molar-refractivity contribution in [1.82, 2.24) is 5.32 Å². The number of sulfone groups is 1. The maximum Gasteiger partial charge on any atom is 0.287 e. The predicted octanol–water partition coefficient (Wildman–Crippen LogP) is 6.28. The lowest BCUT2D eigenvalue weighted by Crippen LogP contribution is -2.56. The first-order valence-electron chi connectivity index (χ1n) is 14.4. The van der Waals surface area contributed by atoms with Crippen LogP contribution in [0.3, 0.4) is 0 Å². The van der Waals surface area contributed by atoms with Crippen molar-refractivity contribution in [3.63, 3.8) is 0 Å². The molecule has 41 heavy (non-hydrogen) atoms. The van der Waals surface area contributed by atoms with Gasteiger partial charge < -0.3 is 9.73 Å². The molecule has 2 saturated carbocycles. The number of terminal acetylenes is 1. The molecule has 3 aromatic rings. The van der Waals surface area contributed by atoms with Crippen molar-refractivity contribution >= 4 is 32.5 Å². The third-order valence-electron chi connectivity index (χ3n) is 9.35. The molecule has 0 bridgehead atoms. The summed E-state index contributed by atoms with van der Waals surface area (Å²) in [6.07, 6.45) is 11.6. The smallest absolute Gasteiger partial charge is 0.287 e. The fourth-order valence-electron chi connectivity index (χ4n) is 6.34. The van der Waals surface area contributed by atoms with Gasteiger partial charge in [-0.3, -0.25) is 9.59 Å². The summed E-state index contributed by atoms with van der Waals surface area (Å²) in [7, 11) is -3.16. The number of carbonyl (C=O) groups is 2. The van der Waals surface area contributed by atoms with E-state index in [9.17, 15) is 18.0 Å². The van der Waals surface area contributed by atoms with E-state index in [4.69, 9.17) is 10.8 Å². The molecule has 0 atom stereocenters. The van der Waals surface area contributed by atoms with Crippen LogP contribution in [0, 0.1) is 17.8 Å². The zero-order valence-corrected chi connectivity index (χ0v) is 23.8. The summed E-state index contributed by atoms with van der Waals surface area (Å²) in [6, 6.07) is 14.4. The quantitative estimate of drug-likeness (QED) is 0.335. The van der Waals surface area contributed by atoms with Crippen molar-refractivity contribution in [2.75, 3.05) is 11.5 Å². The Morgan fingerprint density at radius 2 is 1.56 bits per heavy atom. The normalized spacial score (nSPS) is 22.0. The maximum atomic E-state index is 15.5. The summed E-state index contributed by atoms with van der Waals surface area (Å²) in [5.74, 6) is 2.27. The van der Waals surface area contributed by atoms with Crippen LogP contribution in [0.2, 0.25) is 0 Å². The molecule has 6 nitrogen and oxygen atoms in total. The third-order valence-corrected chi connectivity index (χ3v) is 11.0. The number of ketones is 1. The molecule has 6 rings (SSSR count). The molecule has 2 heterocycles.